The average Bonchev–Trinajstić information content (AvgIpc) is 2.51. The third-order valence-electron chi connectivity index (χ3n) is 5.67. The summed E-state index contributed by atoms with van der Waals surface area (Å²) in [5, 5.41) is 11.9. The van der Waals surface area contributed by atoms with Gasteiger partial charge in [-0.25, -0.2) is 0 Å². The van der Waals surface area contributed by atoms with E-state index in [2.05, 4.69) is 40.8 Å². The van der Waals surface area contributed by atoms with Crippen molar-refractivity contribution < 1.29 is 17.7 Å². The summed E-state index contributed by atoms with van der Waals surface area (Å²) in [4.78, 5) is 0. The maximum Gasteiger partial charge on any atom is 0.419 e. The summed E-state index contributed by atoms with van der Waals surface area (Å²) in [6.45, 7) is 16.7. The van der Waals surface area contributed by atoms with E-state index in [1.165, 1.54) is 0 Å². The van der Waals surface area contributed by atoms with E-state index in [0.29, 0.717) is 0 Å². The Balaban J connectivity index is 5.86. The Morgan fingerprint density at radius 1 is 0.792 bits per heavy atom. The van der Waals surface area contributed by atoms with E-state index in [4.69, 9.17) is 28.5 Å². The van der Waals surface area contributed by atoms with Crippen molar-refractivity contribution in [3.05, 3.63) is 0 Å². The molecule has 146 valence electrons. The molecule has 0 aliphatic heterocycles. The molecule has 0 rings (SSSR count). The van der Waals surface area contributed by atoms with E-state index in [9.17, 15) is 0 Å². The molecule has 0 fully saturated rings. The van der Waals surface area contributed by atoms with Crippen LogP contribution in [0.15, 0.2) is 0 Å². The van der Waals surface area contributed by atoms with Crippen molar-refractivity contribution in [3.8, 4) is 0 Å². The Morgan fingerprint density at radius 2 is 1.25 bits per heavy atom. The number of nitrogens with two attached hydrogens (primary N) is 2. The lowest BCUT2D eigenvalue weighted by atomic mass is 10.2. The van der Waals surface area contributed by atoms with E-state index in [1.807, 2.05) is 13.1 Å². The first-order chi connectivity index (χ1) is 10.7. The SMILES string of the molecule is CCC(CC)(O[Si](C)(N)OC)[Si](C)(C)OC(C)(CC)[Si](C)(N)OC. The van der Waals surface area contributed by atoms with Crippen LogP contribution in [0.2, 0.25) is 26.2 Å². The molecule has 24 heavy (non-hydrogen) atoms. The van der Waals surface area contributed by atoms with E-state index < -0.39 is 36.0 Å². The first-order valence-electron chi connectivity index (χ1n) is 8.80. The third-order valence-corrected chi connectivity index (χ3v) is 15.1. The van der Waals surface area contributed by atoms with Crippen LogP contribution in [0, 0.1) is 0 Å². The Kier molecular flexibility index (Phi) is 8.54. The van der Waals surface area contributed by atoms with Crippen molar-refractivity contribution in [2.75, 3.05) is 14.2 Å². The Hall–Kier alpha value is 0.411. The normalized spacial score (nSPS) is 21.0. The third kappa shape index (κ3) is 4.98. The molecule has 3 unspecified atom stereocenters. The van der Waals surface area contributed by atoms with Gasteiger partial charge in [-0.05, 0) is 52.4 Å². The van der Waals surface area contributed by atoms with Gasteiger partial charge in [0.1, 0.15) is 0 Å². The number of hydrogen-bond acceptors (Lipinski definition) is 6. The summed E-state index contributed by atoms with van der Waals surface area (Å²) in [6.07, 6.45) is 2.44. The lowest BCUT2D eigenvalue weighted by Gasteiger charge is -2.52. The van der Waals surface area contributed by atoms with Crippen LogP contribution >= 0.6 is 0 Å². The van der Waals surface area contributed by atoms with Crippen LogP contribution in [0.4, 0.5) is 0 Å². The largest absolute Gasteiger partial charge is 0.419 e. The first kappa shape index (κ1) is 24.4. The van der Waals surface area contributed by atoms with Gasteiger partial charge in [-0.1, -0.05) is 20.8 Å². The molecule has 3 atom stereocenters. The van der Waals surface area contributed by atoms with E-state index in [-0.39, 0.29) is 0 Å². The topological polar surface area (TPSA) is 89.0 Å². The summed E-state index contributed by atoms with van der Waals surface area (Å²) in [6, 6.07) is 0. The zero-order chi connectivity index (χ0) is 19.4. The molecule has 0 radical (unpaired) electrons. The van der Waals surface area contributed by atoms with Crippen molar-refractivity contribution >= 4 is 25.5 Å². The molecule has 0 saturated heterocycles. The predicted octanol–water partition coefficient (Wildman–Crippen LogP) is 2.88. The standard InChI is InChI=1S/C15H40N2O4Si3/c1-11-14(4,23(9,16)18-5)20-22(7,8)15(12-2,13-3)21-24(10,17)19-6/h11-13,16-17H2,1-10H3. The summed E-state index contributed by atoms with van der Waals surface area (Å²) in [7, 11) is -4.28. The molecule has 0 bridgehead atoms. The van der Waals surface area contributed by atoms with Crippen LogP contribution in [0.5, 0.6) is 0 Å². The maximum atomic E-state index is 6.80. The second-order valence-corrected chi connectivity index (χ2v) is 18.0. The van der Waals surface area contributed by atoms with Crippen molar-refractivity contribution in [1.29, 1.82) is 0 Å². The molecule has 0 saturated carbocycles. The smallest absolute Gasteiger partial charge is 0.408 e. The zero-order valence-electron chi connectivity index (χ0n) is 17.4. The molecule has 4 N–H and O–H groups in total. The van der Waals surface area contributed by atoms with Gasteiger partial charge in [0, 0.05) is 14.2 Å². The molecule has 9 heteroatoms. The Morgan fingerprint density at radius 3 is 1.54 bits per heavy atom. The predicted molar refractivity (Wildman–Crippen MR) is 107 cm³/mol. The lowest BCUT2D eigenvalue weighted by molar-refractivity contribution is 0.0345. The number of rotatable bonds is 11. The Labute approximate surface area is 152 Å². The molecule has 0 aromatic heterocycles. The van der Waals surface area contributed by atoms with Crippen LogP contribution in [0.25, 0.3) is 0 Å². The monoisotopic (exact) mass is 396 g/mol. The van der Waals surface area contributed by atoms with E-state index in [1.54, 1.807) is 14.2 Å². The quantitative estimate of drug-likeness (QED) is 0.522. The van der Waals surface area contributed by atoms with Gasteiger partial charge in [-0.3, -0.25) is 0 Å². The summed E-state index contributed by atoms with van der Waals surface area (Å²) in [5.74, 6) is 0. The van der Waals surface area contributed by atoms with Crippen LogP contribution in [0.3, 0.4) is 0 Å². The maximum absolute atomic E-state index is 6.80. The summed E-state index contributed by atoms with van der Waals surface area (Å²) >= 11 is 0. The molecular formula is C15H40N2O4Si3. The number of hydrogen-bond donors (Lipinski definition) is 2. The highest BCUT2D eigenvalue weighted by Gasteiger charge is 2.57. The van der Waals surface area contributed by atoms with Gasteiger partial charge in [0.15, 0.2) is 0 Å². The fourth-order valence-electron chi connectivity index (χ4n) is 3.19. The second kappa shape index (κ2) is 8.40. The Bertz CT molecular complexity index is 404. The van der Waals surface area contributed by atoms with Crippen LogP contribution in [-0.4, -0.2) is 50.2 Å². The van der Waals surface area contributed by atoms with Crippen molar-refractivity contribution in [2.24, 2.45) is 10.8 Å². The minimum atomic E-state index is -2.70. The van der Waals surface area contributed by atoms with Crippen molar-refractivity contribution in [3.63, 3.8) is 0 Å². The van der Waals surface area contributed by atoms with Gasteiger partial charge in [0.2, 0.25) is 8.32 Å². The van der Waals surface area contributed by atoms with Gasteiger partial charge in [-0.2, -0.15) is 0 Å². The molecule has 6 nitrogen and oxygen atoms in total. The first-order valence-corrected chi connectivity index (χ1v) is 16.6. The van der Waals surface area contributed by atoms with Crippen molar-refractivity contribution in [1.82, 2.24) is 0 Å². The minimum Gasteiger partial charge on any atom is -0.408 e. The minimum absolute atomic E-state index is 0.423. The lowest BCUT2D eigenvalue weighted by Crippen LogP contribution is -2.72. The van der Waals surface area contributed by atoms with Gasteiger partial charge < -0.3 is 28.5 Å². The highest BCUT2D eigenvalue weighted by Crippen LogP contribution is 2.39. The van der Waals surface area contributed by atoms with Crippen LogP contribution < -0.4 is 10.8 Å². The van der Waals surface area contributed by atoms with Crippen molar-refractivity contribution in [2.45, 2.75) is 83.6 Å². The molecule has 0 heterocycles. The second-order valence-electron chi connectivity index (χ2n) is 7.53. The molecule has 0 amide bonds. The van der Waals surface area contributed by atoms with Gasteiger partial charge in [0.25, 0.3) is 8.48 Å². The molecule has 0 aromatic carbocycles. The van der Waals surface area contributed by atoms with Gasteiger partial charge in [-0.15, -0.1) is 0 Å². The molecule has 0 aromatic rings. The van der Waals surface area contributed by atoms with Gasteiger partial charge >= 0.3 is 8.72 Å². The van der Waals surface area contributed by atoms with E-state index in [0.717, 1.165) is 19.3 Å². The van der Waals surface area contributed by atoms with Crippen LogP contribution in [-0.2, 0) is 17.7 Å². The summed E-state index contributed by atoms with van der Waals surface area (Å²) < 4.78 is 24.4. The molecular weight excluding hydrogens is 356 g/mol. The van der Waals surface area contributed by atoms with E-state index >= 15 is 0 Å². The molecule has 0 spiro atoms. The van der Waals surface area contributed by atoms with Gasteiger partial charge in [0.05, 0.1) is 10.4 Å². The highest BCUT2D eigenvalue weighted by atomic mass is 28.4. The summed E-state index contributed by atoms with van der Waals surface area (Å²) in [5.41, 5.74) is 0. The highest BCUT2D eigenvalue weighted by molar-refractivity contribution is 6.78. The zero-order valence-corrected chi connectivity index (χ0v) is 20.4. The fraction of sp³-hybridized carbons (Fsp3) is 1.00. The fourth-order valence-corrected chi connectivity index (χ4v) is 11.8. The van der Waals surface area contributed by atoms with Crippen LogP contribution in [0.1, 0.15) is 47.0 Å². The molecule has 0 aliphatic rings. The average molecular weight is 397 g/mol. The molecule has 0 aliphatic carbocycles.